The van der Waals surface area contributed by atoms with E-state index in [2.05, 4.69) is 26.9 Å². The highest BCUT2D eigenvalue weighted by Crippen LogP contribution is 2.45. The largest absolute Gasteiger partial charge is 0.472 e. The molecule has 0 unspecified atom stereocenters. The first-order chi connectivity index (χ1) is 22.3. The van der Waals surface area contributed by atoms with Gasteiger partial charge in [-0.3, -0.25) is 23.9 Å². The molecule has 3 aliphatic rings. The van der Waals surface area contributed by atoms with Crippen LogP contribution in [0.4, 0.5) is 0 Å². The summed E-state index contributed by atoms with van der Waals surface area (Å²) in [6, 6.07) is 7.37. The minimum Gasteiger partial charge on any atom is -0.472 e. The van der Waals surface area contributed by atoms with Crippen LogP contribution < -0.4 is 20.1 Å². The van der Waals surface area contributed by atoms with Crippen molar-refractivity contribution in [2.24, 2.45) is 16.7 Å². The molecule has 0 bridgehead atoms. The Hall–Kier alpha value is -4.00. The zero-order valence-corrected chi connectivity index (χ0v) is 29.4. The van der Waals surface area contributed by atoms with Gasteiger partial charge in [0.2, 0.25) is 33.6 Å². The third kappa shape index (κ3) is 7.66. The second kappa shape index (κ2) is 12.8. The molecule has 13 heteroatoms. The summed E-state index contributed by atoms with van der Waals surface area (Å²) in [7, 11) is -3.87. The van der Waals surface area contributed by atoms with Crippen molar-refractivity contribution < 1.29 is 32.3 Å². The highest BCUT2D eigenvalue weighted by atomic mass is 32.2. The van der Waals surface area contributed by atoms with Gasteiger partial charge in [-0.25, -0.2) is 13.4 Å². The number of sulfonamides is 1. The SMILES string of the molecule is C=C[C@H]1C[C@@]1(NC(=O)[C@H]1C[C@@H](Oc2nccc3ccccc23)CN1C(=O)[C@@H](NC(=O)CC(C)(C)C)C(C)(C)C)C(=O)NS(=O)(=O)C1CC1. The van der Waals surface area contributed by atoms with E-state index in [9.17, 15) is 27.6 Å². The minimum atomic E-state index is -3.87. The van der Waals surface area contributed by atoms with Gasteiger partial charge in [-0.1, -0.05) is 65.8 Å². The van der Waals surface area contributed by atoms with E-state index in [-0.39, 0.29) is 37.1 Å². The summed E-state index contributed by atoms with van der Waals surface area (Å²) >= 11 is 0. The average Bonchev–Trinajstić information content (AvgIpc) is 3.91. The number of ether oxygens (including phenoxy) is 1. The normalized spacial score (nSPS) is 24.8. The summed E-state index contributed by atoms with van der Waals surface area (Å²) in [5, 5.41) is 6.78. The Labute approximate surface area is 282 Å². The number of fused-ring (bicyclic) bond motifs is 1. The monoisotopic (exact) mass is 681 g/mol. The Morgan fingerprint density at radius 2 is 1.79 bits per heavy atom. The van der Waals surface area contributed by atoms with Gasteiger partial charge in [-0.2, -0.15) is 0 Å². The number of nitrogens with one attached hydrogen (secondary N) is 3. The van der Waals surface area contributed by atoms with E-state index in [1.54, 1.807) is 6.20 Å². The van der Waals surface area contributed by atoms with Gasteiger partial charge in [0.1, 0.15) is 23.7 Å². The molecule has 2 heterocycles. The van der Waals surface area contributed by atoms with Gasteiger partial charge in [-0.05, 0) is 47.6 Å². The summed E-state index contributed by atoms with van der Waals surface area (Å²) in [4.78, 5) is 60.9. The van der Waals surface area contributed by atoms with Crippen LogP contribution in [-0.4, -0.2) is 77.5 Å². The quantitative estimate of drug-likeness (QED) is 0.305. The predicted octanol–water partition coefficient (Wildman–Crippen LogP) is 3.22. The molecule has 1 saturated heterocycles. The summed E-state index contributed by atoms with van der Waals surface area (Å²) < 4.78 is 33.8. The number of carbonyl (C=O) groups excluding carboxylic acids is 4. The zero-order chi connectivity index (χ0) is 35.2. The minimum absolute atomic E-state index is 0.0175. The Balaban J connectivity index is 1.43. The van der Waals surface area contributed by atoms with E-state index >= 15 is 0 Å². The molecule has 0 spiro atoms. The Morgan fingerprint density at radius 3 is 2.40 bits per heavy atom. The molecule has 5 atom stereocenters. The van der Waals surface area contributed by atoms with Crippen molar-refractivity contribution in [3.8, 4) is 5.88 Å². The molecular formula is C35H47N5O7S. The van der Waals surface area contributed by atoms with Gasteiger partial charge in [0.25, 0.3) is 5.91 Å². The van der Waals surface area contributed by atoms with E-state index in [0.717, 1.165) is 10.8 Å². The fourth-order valence-electron chi connectivity index (χ4n) is 6.25. The lowest BCUT2D eigenvalue weighted by Gasteiger charge is -2.36. The lowest BCUT2D eigenvalue weighted by molar-refractivity contribution is -0.144. The molecule has 1 aromatic carbocycles. The van der Waals surface area contributed by atoms with Crippen molar-refractivity contribution >= 4 is 44.4 Å². The average molecular weight is 682 g/mol. The molecule has 3 fully saturated rings. The summed E-state index contributed by atoms with van der Waals surface area (Å²) in [6.07, 6.45) is 3.87. The number of aromatic nitrogens is 1. The molecule has 4 amide bonds. The van der Waals surface area contributed by atoms with E-state index < -0.39 is 68.1 Å². The molecule has 1 aliphatic heterocycles. The van der Waals surface area contributed by atoms with E-state index in [1.807, 2.05) is 71.9 Å². The highest BCUT2D eigenvalue weighted by molar-refractivity contribution is 7.91. The Kier molecular flexibility index (Phi) is 9.41. The van der Waals surface area contributed by atoms with Gasteiger partial charge in [-0.15, -0.1) is 6.58 Å². The third-order valence-corrected chi connectivity index (χ3v) is 10.9. The molecule has 1 aromatic heterocycles. The van der Waals surface area contributed by atoms with E-state index in [4.69, 9.17) is 4.74 Å². The number of benzene rings is 1. The fourth-order valence-corrected chi connectivity index (χ4v) is 7.61. The highest BCUT2D eigenvalue weighted by Gasteiger charge is 2.62. The van der Waals surface area contributed by atoms with Crippen molar-refractivity contribution in [3.05, 3.63) is 49.2 Å². The van der Waals surface area contributed by atoms with Gasteiger partial charge in [0, 0.05) is 30.3 Å². The fraction of sp³-hybridized carbons (Fsp3) is 0.571. The molecule has 3 N–H and O–H groups in total. The topological polar surface area (TPSA) is 164 Å². The lowest BCUT2D eigenvalue weighted by atomic mass is 9.84. The molecule has 2 aliphatic carbocycles. The number of hydrogen-bond acceptors (Lipinski definition) is 8. The molecule has 260 valence electrons. The van der Waals surface area contributed by atoms with Gasteiger partial charge in [0.05, 0.1) is 11.8 Å². The molecular weight excluding hydrogens is 634 g/mol. The molecule has 2 saturated carbocycles. The van der Waals surface area contributed by atoms with Crippen LogP contribution in [0.2, 0.25) is 0 Å². The number of carbonyl (C=O) groups is 4. The maximum atomic E-state index is 14.4. The van der Waals surface area contributed by atoms with Gasteiger partial charge >= 0.3 is 0 Å². The third-order valence-electron chi connectivity index (χ3n) is 9.12. The Bertz CT molecular complexity index is 1720. The van der Waals surface area contributed by atoms with Crippen LogP contribution in [-0.2, 0) is 29.2 Å². The standard InChI is InChI=1S/C35H47N5O7S/c1-8-22-18-35(22,32(44)39-48(45,46)24-13-14-24)38-29(42)26-17-23(47-30-25-12-10-9-11-21(25)15-16-36-30)20-40(26)31(43)28(34(5,6)7)37-27(41)19-33(2,3)4/h8-12,15-16,22-24,26,28H,1,13-14,17-20H2,2-7H3,(H,37,41)(H,38,42)(H,39,44)/t22-,23+,26+,28+,35-/m0/s1. The van der Waals surface area contributed by atoms with Crippen LogP contribution in [0.25, 0.3) is 10.8 Å². The van der Waals surface area contributed by atoms with E-state index in [1.165, 1.54) is 11.0 Å². The summed E-state index contributed by atoms with van der Waals surface area (Å²) in [5.74, 6) is -2.34. The van der Waals surface area contributed by atoms with Crippen molar-refractivity contribution in [2.75, 3.05) is 6.54 Å². The number of pyridine rings is 1. The maximum absolute atomic E-state index is 14.4. The first kappa shape index (κ1) is 35.3. The number of likely N-dealkylation sites (tertiary alicyclic amines) is 1. The lowest BCUT2D eigenvalue weighted by Crippen LogP contribution is -2.60. The second-order valence-electron chi connectivity index (χ2n) is 15.6. The van der Waals surface area contributed by atoms with Crippen LogP contribution in [0, 0.1) is 16.7 Å². The van der Waals surface area contributed by atoms with Gasteiger partial charge in [0.15, 0.2) is 0 Å². The smallest absolute Gasteiger partial charge is 0.259 e. The van der Waals surface area contributed by atoms with Crippen LogP contribution >= 0.6 is 0 Å². The number of nitrogens with zero attached hydrogens (tertiary/aromatic N) is 2. The van der Waals surface area contributed by atoms with Crippen LogP contribution in [0.3, 0.4) is 0 Å². The first-order valence-electron chi connectivity index (χ1n) is 16.5. The molecule has 0 radical (unpaired) electrons. The van der Waals surface area contributed by atoms with Crippen molar-refractivity contribution in [1.82, 2.24) is 25.2 Å². The second-order valence-corrected chi connectivity index (χ2v) is 17.6. The summed E-state index contributed by atoms with van der Waals surface area (Å²) in [5.41, 5.74) is -2.55. The van der Waals surface area contributed by atoms with Crippen molar-refractivity contribution in [1.29, 1.82) is 0 Å². The Morgan fingerprint density at radius 1 is 1.10 bits per heavy atom. The van der Waals surface area contributed by atoms with Crippen LogP contribution in [0.1, 0.15) is 73.6 Å². The predicted molar refractivity (Wildman–Crippen MR) is 181 cm³/mol. The summed E-state index contributed by atoms with van der Waals surface area (Å²) in [6.45, 7) is 15.1. The zero-order valence-electron chi connectivity index (χ0n) is 28.5. The molecule has 12 nitrogen and oxygen atoms in total. The number of amides is 4. The molecule has 5 rings (SSSR count). The first-order valence-corrected chi connectivity index (χ1v) is 18.0. The van der Waals surface area contributed by atoms with E-state index in [0.29, 0.717) is 18.7 Å². The van der Waals surface area contributed by atoms with Crippen molar-refractivity contribution in [3.63, 3.8) is 0 Å². The number of rotatable bonds is 11. The maximum Gasteiger partial charge on any atom is 0.259 e. The molecule has 2 aromatic rings. The number of hydrogen-bond donors (Lipinski definition) is 3. The van der Waals surface area contributed by atoms with Crippen LogP contribution in [0.5, 0.6) is 5.88 Å². The van der Waals surface area contributed by atoms with Crippen molar-refractivity contribution in [2.45, 2.75) is 103 Å². The molecule has 48 heavy (non-hydrogen) atoms. The van der Waals surface area contributed by atoms with Crippen LogP contribution in [0.15, 0.2) is 49.2 Å². The van der Waals surface area contributed by atoms with Gasteiger partial charge < -0.3 is 20.3 Å².